The first-order valence-electron chi connectivity index (χ1n) is 15.0. The Morgan fingerprint density at radius 1 is 1.18 bits per heavy atom. The Labute approximate surface area is 260 Å². The van der Waals surface area contributed by atoms with E-state index < -0.39 is 11.7 Å². The van der Waals surface area contributed by atoms with E-state index in [1.165, 1.54) is 0 Å². The quantitative estimate of drug-likeness (QED) is 0.328. The van der Waals surface area contributed by atoms with Gasteiger partial charge in [-0.25, -0.2) is 19.3 Å². The molecule has 1 atom stereocenters. The van der Waals surface area contributed by atoms with E-state index >= 15 is 0 Å². The van der Waals surface area contributed by atoms with Gasteiger partial charge in [0.05, 0.1) is 18.9 Å². The van der Waals surface area contributed by atoms with Gasteiger partial charge in [-0.15, -0.1) is 16.4 Å². The Kier molecular flexibility index (Phi) is 8.19. The maximum atomic E-state index is 12.5. The number of nitrogens with one attached hydrogen (secondary N) is 1. The molecule has 1 aromatic carbocycles. The fourth-order valence-corrected chi connectivity index (χ4v) is 6.34. The zero-order chi connectivity index (χ0) is 31.0. The van der Waals surface area contributed by atoms with Crippen LogP contribution in [-0.2, 0) is 15.9 Å². The lowest BCUT2D eigenvalue weighted by atomic mass is 9.90. The van der Waals surface area contributed by atoms with E-state index in [1.807, 2.05) is 52.8 Å². The molecule has 0 saturated carbocycles. The molecule has 1 aliphatic carbocycles. The van der Waals surface area contributed by atoms with E-state index in [0.717, 1.165) is 38.9 Å². The number of hydrogen-bond donors (Lipinski definition) is 1. The van der Waals surface area contributed by atoms with Gasteiger partial charge >= 0.3 is 12.2 Å². The van der Waals surface area contributed by atoms with E-state index in [2.05, 4.69) is 39.7 Å². The standard InChI is InChI=1S/C32H38N6O5S/c1-19(2)38-27(34-29(36-38)35-30(39)42-18-20-9-7-6-8-10-20)28-33-26-23-12-11-21(15-24(23)41-14-13-25(26)44-28)22-16-37(17-22)31(40)43-32(3,4)5/h6-9,11-12,15,19-20,22H,10,13-14,16-18H2,1-5H3,(H,35,36,39). The number of likely N-dealkylation sites (tertiary alicyclic amines) is 1. The first-order valence-corrected chi connectivity index (χ1v) is 15.8. The number of ether oxygens (including phenoxy) is 3. The molecular formula is C32H38N6O5S. The highest BCUT2D eigenvalue weighted by Gasteiger charge is 2.35. The predicted octanol–water partition coefficient (Wildman–Crippen LogP) is 6.60. The molecule has 1 saturated heterocycles. The van der Waals surface area contributed by atoms with Gasteiger partial charge in [-0.2, -0.15) is 4.98 Å². The third-order valence-electron chi connectivity index (χ3n) is 7.57. The number of amides is 2. The SMILES string of the molecule is CC(C)n1nc(NC(=O)OCC2C=CC=CC2)nc1-c1nc2c(s1)CCOc1cc(C3CN(C(=O)OC(C)(C)C)C3)ccc1-2. The van der Waals surface area contributed by atoms with Crippen LogP contribution < -0.4 is 10.1 Å². The second kappa shape index (κ2) is 12.1. The Balaban J connectivity index is 1.17. The molecule has 0 radical (unpaired) electrons. The topological polar surface area (TPSA) is 121 Å². The number of nitrogens with zero attached hydrogens (tertiary/aromatic N) is 5. The largest absolute Gasteiger partial charge is 0.492 e. The number of thiazole rings is 1. The summed E-state index contributed by atoms with van der Waals surface area (Å²) in [7, 11) is 0. The predicted molar refractivity (Wildman–Crippen MR) is 168 cm³/mol. The molecule has 232 valence electrons. The molecule has 6 rings (SSSR count). The van der Waals surface area contributed by atoms with Crippen LogP contribution in [0.15, 0.2) is 42.5 Å². The molecule has 0 bridgehead atoms. The number of carbonyl (C=O) groups excluding carboxylic acids is 2. The lowest BCUT2D eigenvalue weighted by Gasteiger charge is -2.40. The van der Waals surface area contributed by atoms with Gasteiger partial charge < -0.3 is 19.1 Å². The number of allylic oxidation sites excluding steroid dienone is 3. The average molecular weight is 619 g/mol. The highest BCUT2D eigenvalue weighted by Crippen LogP contribution is 2.42. The van der Waals surface area contributed by atoms with Gasteiger partial charge in [-0.1, -0.05) is 30.4 Å². The van der Waals surface area contributed by atoms with Crippen LogP contribution in [0.2, 0.25) is 0 Å². The van der Waals surface area contributed by atoms with Crippen molar-refractivity contribution in [2.24, 2.45) is 5.92 Å². The summed E-state index contributed by atoms with van der Waals surface area (Å²) in [4.78, 5) is 37.4. The first kappa shape index (κ1) is 29.9. The number of hydrogen-bond acceptors (Lipinski definition) is 9. The summed E-state index contributed by atoms with van der Waals surface area (Å²) in [6.07, 6.45) is 8.72. The van der Waals surface area contributed by atoms with Crippen LogP contribution in [0.5, 0.6) is 5.75 Å². The van der Waals surface area contributed by atoms with E-state index in [9.17, 15) is 9.59 Å². The molecule has 0 spiro atoms. The summed E-state index contributed by atoms with van der Waals surface area (Å²) in [6.45, 7) is 11.7. The zero-order valence-electron chi connectivity index (χ0n) is 25.7. The minimum Gasteiger partial charge on any atom is -0.492 e. The molecule has 3 aliphatic rings. The fourth-order valence-electron chi connectivity index (χ4n) is 5.30. The van der Waals surface area contributed by atoms with E-state index in [4.69, 9.17) is 19.2 Å². The Bertz CT molecular complexity index is 1610. The molecule has 2 aliphatic heterocycles. The van der Waals surface area contributed by atoms with Crippen molar-refractivity contribution in [2.45, 2.75) is 65.0 Å². The second-order valence-electron chi connectivity index (χ2n) is 12.6. The van der Waals surface area contributed by atoms with Crippen molar-refractivity contribution in [1.29, 1.82) is 0 Å². The van der Waals surface area contributed by atoms with Crippen LogP contribution in [0.1, 0.15) is 63.4 Å². The van der Waals surface area contributed by atoms with Crippen LogP contribution in [0.3, 0.4) is 0 Å². The van der Waals surface area contributed by atoms with Crippen LogP contribution in [0, 0.1) is 5.92 Å². The summed E-state index contributed by atoms with van der Waals surface area (Å²) >= 11 is 1.56. The van der Waals surface area contributed by atoms with Gasteiger partial charge in [0, 0.05) is 47.8 Å². The highest BCUT2D eigenvalue weighted by molar-refractivity contribution is 7.15. The van der Waals surface area contributed by atoms with Gasteiger partial charge in [0.25, 0.3) is 5.95 Å². The Morgan fingerprint density at radius 2 is 2.00 bits per heavy atom. The third-order valence-corrected chi connectivity index (χ3v) is 8.68. The maximum Gasteiger partial charge on any atom is 0.414 e. The van der Waals surface area contributed by atoms with Crippen molar-refractivity contribution >= 4 is 29.5 Å². The number of anilines is 1. The van der Waals surface area contributed by atoms with Crippen LogP contribution in [-0.4, -0.2) is 68.7 Å². The van der Waals surface area contributed by atoms with Crippen molar-refractivity contribution in [1.82, 2.24) is 24.6 Å². The zero-order valence-corrected chi connectivity index (χ0v) is 26.5. The summed E-state index contributed by atoms with van der Waals surface area (Å²) in [5.74, 6) is 1.94. The second-order valence-corrected chi connectivity index (χ2v) is 13.6. The van der Waals surface area contributed by atoms with Gasteiger partial charge in [-0.3, -0.25) is 5.32 Å². The van der Waals surface area contributed by atoms with Gasteiger partial charge in [0.2, 0.25) is 0 Å². The average Bonchev–Trinajstić information content (AvgIpc) is 3.51. The number of aromatic nitrogens is 4. The summed E-state index contributed by atoms with van der Waals surface area (Å²) in [6, 6.07) is 6.22. The van der Waals surface area contributed by atoms with Crippen LogP contribution in [0.25, 0.3) is 22.1 Å². The van der Waals surface area contributed by atoms with Crippen LogP contribution in [0.4, 0.5) is 15.5 Å². The number of rotatable bonds is 6. The van der Waals surface area contributed by atoms with Crippen molar-refractivity contribution in [3.8, 4) is 27.8 Å². The minimum absolute atomic E-state index is 0.00663. The van der Waals surface area contributed by atoms with E-state index in [-0.39, 0.29) is 36.5 Å². The fraction of sp³-hybridized carbons (Fsp3) is 0.469. The van der Waals surface area contributed by atoms with Crippen molar-refractivity contribution in [3.05, 3.63) is 52.9 Å². The summed E-state index contributed by atoms with van der Waals surface area (Å²) in [5.41, 5.74) is 2.41. The monoisotopic (exact) mass is 618 g/mol. The molecule has 4 heterocycles. The number of benzene rings is 1. The number of carbonyl (C=O) groups is 2. The minimum atomic E-state index is -0.585. The Morgan fingerprint density at radius 3 is 2.73 bits per heavy atom. The van der Waals surface area contributed by atoms with E-state index in [0.29, 0.717) is 31.9 Å². The number of fused-ring (bicyclic) bond motifs is 3. The maximum absolute atomic E-state index is 12.5. The van der Waals surface area contributed by atoms with Gasteiger partial charge in [-0.05, 0) is 58.7 Å². The molecule has 12 heteroatoms. The molecular weight excluding hydrogens is 580 g/mol. The molecule has 1 unspecified atom stereocenters. The van der Waals surface area contributed by atoms with Gasteiger partial charge in [0.15, 0.2) is 10.8 Å². The molecule has 44 heavy (non-hydrogen) atoms. The Hall–Kier alpha value is -4.19. The molecule has 11 nitrogen and oxygen atoms in total. The molecule has 1 N–H and O–H groups in total. The lowest BCUT2D eigenvalue weighted by Crippen LogP contribution is -2.50. The molecule has 1 fully saturated rings. The smallest absolute Gasteiger partial charge is 0.414 e. The van der Waals surface area contributed by atoms with Crippen molar-refractivity contribution in [2.75, 3.05) is 31.6 Å². The van der Waals surface area contributed by atoms with Crippen LogP contribution >= 0.6 is 11.3 Å². The lowest BCUT2D eigenvalue weighted by molar-refractivity contribution is 0.00818. The van der Waals surface area contributed by atoms with Crippen molar-refractivity contribution < 1.29 is 23.8 Å². The molecule has 3 aromatic rings. The molecule has 2 aromatic heterocycles. The normalized spacial score (nSPS) is 17.8. The van der Waals surface area contributed by atoms with Gasteiger partial charge in [0.1, 0.15) is 11.4 Å². The first-order chi connectivity index (χ1) is 21.0. The third kappa shape index (κ3) is 6.50. The highest BCUT2D eigenvalue weighted by atomic mass is 32.1. The molecule has 2 amide bonds. The van der Waals surface area contributed by atoms with Crippen molar-refractivity contribution in [3.63, 3.8) is 0 Å². The summed E-state index contributed by atoms with van der Waals surface area (Å²) in [5, 5.41) is 7.95. The summed E-state index contributed by atoms with van der Waals surface area (Å²) < 4.78 is 18.9. The van der Waals surface area contributed by atoms with E-state index in [1.54, 1.807) is 20.9 Å².